The fraction of sp³-hybridized carbons (Fsp3) is 0.750. The molecule has 5 heteroatoms. The summed E-state index contributed by atoms with van der Waals surface area (Å²) >= 11 is 6.00. The molecule has 0 radical (unpaired) electrons. The number of halogens is 1. The second kappa shape index (κ2) is 6.38. The molecule has 98 valence electrons. The summed E-state index contributed by atoms with van der Waals surface area (Å²) in [4.78, 5) is 0. The third kappa shape index (κ3) is 3.00. The van der Waals surface area contributed by atoms with Crippen LogP contribution in [0.1, 0.15) is 45.4 Å². The number of aromatic nitrogens is 2. The first-order valence-electron chi connectivity index (χ1n) is 6.14. The molecule has 17 heavy (non-hydrogen) atoms. The molecule has 0 aromatic carbocycles. The molecule has 1 aromatic heterocycles. The molecular weight excluding hydrogens is 240 g/mol. The first kappa shape index (κ1) is 14.5. The van der Waals surface area contributed by atoms with Crippen molar-refractivity contribution in [3.63, 3.8) is 0 Å². The SMILES string of the molecule is CCC(CC)C(O)C(O)c1c(Cl)cnn1CC. The number of aryl methyl sites for hydroxylation is 1. The Kier molecular flexibility index (Phi) is 5.43. The van der Waals surface area contributed by atoms with Gasteiger partial charge < -0.3 is 10.2 Å². The highest BCUT2D eigenvalue weighted by atomic mass is 35.5. The Hall–Kier alpha value is -0.580. The summed E-state index contributed by atoms with van der Waals surface area (Å²) in [6.07, 6.45) is 1.38. The van der Waals surface area contributed by atoms with Gasteiger partial charge in [-0.15, -0.1) is 0 Å². The van der Waals surface area contributed by atoms with Gasteiger partial charge in [-0.2, -0.15) is 5.10 Å². The minimum atomic E-state index is -0.977. The van der Waals surface area contributed by atoms with Gasteiger partial charge >= 0.3 is 0 Å². The number of rotatable bonds is 6. The average molecular weight is 261 g/mol. The number of aliphatic hydroxyl groups is 2. The van der Waals surface area contributed by atoms with Gasteiger partial charge in [-0.25, -0.2) is 0 Å². The highest BCUT2D eigenvalue weighted by Gasteiger charge is 2.29. The van der Waals surface area contributed by atoms with Crippen LogP contribution in [0.5, 0.6) is 0 Å². The molecule has 0 spiro atoms. The molecule has 0 aliphatic heterocycles. The summed E-state index contributed by atoms with van der Waals surface area (Å²) in [5.41, 5.74) is 0.508. The first-order chi connectivity index (χ1) is 8.06. The zero-order valence-electron chi connectivity index (χ0n) is 10.6. The van der Waals surface area contributed by atoms with Crippen molar-refractivity contribution in [1.29, 1.82) is 0 Å². The van der Waals surface area contributed by atoms with Crippen molar-refractivity contribution >= 4 is 11.6 Å². The molecule has 0 bridgehead atoms. The fourth-order valence-corrected chi connectivity index (χ4v) is 2.36. The van der Waals surface area contributed by atoms with Gasteiger partial charge in [0, 0.05) is 6.54 Å². The van der Waals surface area contributed by atoms with Crippen LogP contribution in [0.2, 0.25) is 5.02 Å². The van der Waals surface area contributed by atoms with Gasteiger partial charge in [0.1, 0.15) is 6.10 Å². The van der Waals surface area contributed by atoms with Crippen LogP contribution in [-0.2, 0) is 6.54 Å². The van der Waals surface area contributed by atoms with E-state index < -0.39 is 12.2 Å². The van der Waals surface area contributed by atoms with E-state index >= 15 is 0 Å². The van der Waals surface area contributed by atoms with Crippen molar-refractivity contribution in [3.05, 3.63) is 16.9 Å². The number of aliphatic hydroxyl groups excluding tert-OH is 2. The van der Waals surface area contributed by atoms with Crippen LogP contribution in [0.3, 0.4) is 0 Å². The van der Waals surface area contributed by atoms with Crippen LogP contribution < -0.4 is 0 Å². The predicted molar refractivity (Wildman–Crippen MR) is 67.9 cm³/mol. The van der Waals surface area contributed by atoms with E-state index in [2.05, 4.69) is 5.10 Å². The Morgan fingerprint density at radius 3 is 2.35 bits per heavy atom. The molecule has 0 fully saturated rings. The maximum Gasteiger partial charge on any atom is 0.123 e. The Bertz CT molecular complexity index is 350. The monoisotopic (exact) mass is 260 g/mol. The second-order valence-electron chi connectivity index (χ2n) is 4.21. The lowest BCUT2D eigenvalue weighted by atomic mass is 9.91. The summed E-state index contributed by atoms with van der Waals surface area (Å²) < 4.78 is 1.62. The van der Waals surface area contributed by atoms with Gasteiger partial charge in [0.15, 0.2) is 0 Å². The molecule has 2 atom stereocenters. The van der Waals surface area contributed by atoms with Crippen molar-refractivity contribution in [2.75, 3.05) is 0 Å². The highest BCUT2D eigenvalue weighted by molar-refractivity contribution is 6.31. The zero-order chi connectivity index (χ0) is 13.0. The van der Waals surface area contributed by atoms with Crippen molar-refractivity contribution < 1.29 is 10.2 Å². The Morgan fingerprint density at radius 2 is 1.88 bits per heavy atom. The van der Waals surface area contributed by atoms with Crippen molar-refractivity contribution in [3.8, 4) is 0 Å². The third-order valence-corrected chi connectivity index (χ3v) is 3.56. The molecule has 2 N–H and O–H groups in total. The second-order valence-corrected chi connectivity index (χ2v) is 4.61. The maximum atomic E-state index is 10.2. The highest BCUT2D eigenvalue weighted by Crippen LogP contribution is 2.30. The molecule has 0 aliphatic carbocycles. The zero-order valence-corrected chi connectivity index (χ0v) is 11.4. The van der Waals surface area contributed by atoms with Gasteiger partial charge in [-0.3, -0.25) is 4.68 Å². The van der Waals surface area contributed by atoms with Crippen LogP contribution in [0, 0.1) is 5.92 Å². The first-order valence-corrected chi connectivity index (χ1v) is 6.51. The van der Waals surface area contributed by atoms with E-state index in [1.807, 2.05) is 20.8 Å². The lowest BCUT2D eigenvalue weighted by Gasteiger charge is -2.25. The van der Waals surface area contributed by atoms with Gasteiger partial charge in [0.2, 0.25) is 0 Å². The molecular formula is C12H21ClN2O2. The van der Waals surface area contributed by atoms with E-state index in [9.17, 15) is 10.2 Å². The minimum Gasteiger partial charge on any atom is -0.390 e. The smallest absolute Gasteiger partial charge is 0.123 e. The quantitative estimate of drug-likeness (QED) is 0.826. The molecule has 0 saturated carbocycles. The van der Waals surface area contributed by atoms with E-state index in [1.165, 1.54) is 6.20 Å². The van der Waals surface area contributed by atoms with Gasteiger partial charge in [-0.1, -0.05) is 38.3 Å². The fourth-order valence-electron chi connectivity index (χ4n) is 2.11. The average Bonchev–Trinajstić information content (AvgIpc) is 2.70. The summed E-state index contributed by atoms with van der Waals surface area (Å²) in [6, 6.07) is 0. The van der Waals surface area contributed by atoms with Crippen LogP contribution in [0.4, 0.5) is 0 Å². The molecule has 0 aliphatic rings. The normalized spacial score (nSPS) is 15.2. The lowest BCUT2D eigenvalue weighted by Crippen LogP contribution is -2.29. The largest absolute Gasteiger partial charge is 0.390 e. The Morgan fingerprint density at radius 1 is 1.29 bits per heavy atom. The van der Waals surface area contributed by atoms with E-state index in [-0.39, 0.29) is 5.92 Å². The van der Waals surface area contributed by atoms with Crippen LogP contribution >= 0.6 is 11.6 Å². The van der Waals surface area contributed by atoms with Crippen molar-refractivity contribution in [2.24, 2.45) is 5.92 Å². The summed E-state index contributed by atoms with van der Waals surface area (Å²) in [5, 5.41) is 24.8. The maximum absolute atomic E-state index is 10.2. The number of hydrogen-bond acceptors (Lipinski definition) is 3. The molecule has 0 amide bonds. The minimum absolute atomic E-state index is 0.0706. The van der Waals surface area contributed by atoms with Crippen LogP contribution in [0.25, 0.3) is 0 Å². The topological polar surface area (TPSA) is 58.3 Å². The Labute approximate surface area is 107 Å². The predicted octanol–water partition coefficient (Wildman–Crippen LogP) is 2.39. The molecule has 1 rings (SSSR count). The van der Waals surface area contributed by atoms with E-state index in [1.54, 1.807) is 4.68 Å². The van der Waals surface area contributed by atoms with Gasteiger partial charge in [0.05, 0.1) is 23.0 Å². The summed E-state index contributed by atoms with van der Waals surface area (Å²) in [5.74, 6) is 0.0706. The lowest BCUT2D eigenvalue weighted by molar-refractivity contribution is -0.0251. The summed E-state index contributed by atoms with van der Waals surface area (Å²) in [6.45, 7) is 6.55. The van der Waals surface area contributed by atoms with E-state index in [4.69, 9.17) is 11.6 Å². The third-order valence-electron chi connectivity index (χ3n) is 3.27. The molecule has 1 heterocycles. The van der Waals surface area contributed by atoms with Gasteiger partial charge in [-0.05, 0) is 12.8 Å². The molecule has 1 aromatic rings. The number of nitrogens with zero attached hydrogens (tertiary/aromatic N) is 2. The standard InChI is InChI=1S/C12H21ClN2O2/c1-4-8(5-2)11(16)12(17)10-9(13)7-14-15(10)6-3/h7-8,11-12,16-17H,4-6H2,1-3H3. The van der Waals surface area contributed by atoms with Crippen molar-refractivity contribution in [2.45, 2.75) is 52.4 Å². The molecule has 4 nitrogen and oxygen atoms in total. The molecule has 0 saturated heterocycles. The van der Waals surface area contributed by atoms with E-state index in [0.29, 0.717) is 17.3 Å². The van der Waals surface area contributed by atoms with Crippen molar-refractivity contribution in [1.82, 2.24) is 9.78 Å². The summed E-state index contributed by atoms with van der Waals surface area (Å²) in [7, 11) is 0. The molecule has 2 unspecified atom stereocenters. The van der Waals surface area contributed by atoms with Gasteiger partial charge in [0.25, 0.3) is 0 Å². The number of hydrogen-bond donors (Lipinski definition) is 2. The van der Waals surface area contributed by atoms with Crippen LogP contribution in [0.15, 0.2) is 6.20 Å². The van der Waals surface area contributed by atoms with E-state index in [0.717, 1.165) is 12.8 Å². The van der Waals surface area contributed by atoms with Crippen LogP contribution in [-0.4, -0.2) is 26.1 Å². The Balaban J connectivity index is 2.94.